The van der Waals surface area contributed by atoms with Gasteiger partial charge in [-0.05, 0) is 25.3 Å². The van der Waals surface area contributed by atoms with Crippen molar-refractivity contribution in [3.8, 4) is 0 Å². The van der Waals surface area contributed by atoms with E-state index in [-0.39, 0.29) is 35.7 Å². The van der Waals surface area contributed by atoms with Crippen molar-refractivity contribution in [1.82, 2.24) is 15.5 Å². The number of fused-ring (bicyclic) bond motifs is 1. The number of nitrogens with zero attached hydrogens (tertiary/aromatic N) is 1. The first-order chi connectivity index (χ1) is 9.12. The molecule has 20 heavy (non-hydrogen) atoms. The predicted octanol–water partition coefficient (Wildman–Crippen LogP) is 0.535. The van der Waals surface area contributed by atoms with Gasteiger partial charge >= 0.3 is 0 Å². The third-order valence-corrected chi connectivity index (χ3v) is 5.17. The summed E-state index contributed by atoms with van der Waals surface area (Å²) in [5.74, 6) is 0.791. The van der Waals surface area contributed by atoms with Crippen LogP contribution in [0.4, 0.5) is 0 Å². The summed E-state index contributed by atoms with van der Waals surface area (Å²) in [6.07, 6.45) is 4.99. The molecule has 3 aliphatic rings. The zero-order valence-electron chi connectivity index (χ0n) is 12.0. The van der Waals surface area contributed by atoms with Gasteiger partial charge in [0.1, 0.15) is 0 Å². The summed E-state index contributed by atoms with van der Waals surface area (Å²) in [5, 5.41) is 6.52. The van der Waals surface area contributed by atoms with E-state index in [4.69, 9.17) is 0 Å². The van der Waals surface area contributed by atoms with Gasteiger partial charge in [-0.3, -0.25) is 9.59 Å². The maximum absolute atomic E-state index is 12.7. The minimum atomic E-state index is -0.206. The van der Waals surface area contributed by atoms with Crippen LogP contribution in [0.25, 0.3) is 0 Å². The minimum Gasteiger partial charge on any atom is -0.351 e. The van der Waals surface area contributed by atoms with Gasteiger partial charge in [-0.25, -0.2) is 0 Å². The number of rotatable bonds is 2. The van der Waals surface area contributed by atoms with Gasteiger partial charge in [0, 0.05) is 26.6 Å². The Morgan fingerprint density at radius 1 is 1.45 bits per heavy atom. The Bertz CT molecular complexity index is 404. The van der Waals surface area contributed by atoms with Crippen molar-refractivity contribution < 1.29 is 9.59 Å². The Balaban J connectivity index is 0.00000147. The molecule has 0 aromatic carbocycles. The number of likely N-dealkylation sites (N-methyl/N-ethyl adjacent to an activating group) is 1. The lowest BCUT2D eigenvalue weighted by Crippen LogP contribution is -2.51. The molecule has 114 valence electrons. The highest BCUT2D eigenvalue weighted by Crippen LogP contribution is 2.44. The van der Waals surface area contributed by atoms with Gasteiger partial charge in [-0.1, -0.05) is 12.8 Å². The summed E-state index contributed by atoms with van der Waals surface area (Å²) in [5.41, 5.74) is -0.206. The van der Waals surface area contributed by atoms with Gasteiger partial charge < -0.3 is 15.5 Å². The van der Waals surface area contributed by atoms with Crippen LogP contribution in [0.3, 0.4) is 0 Å². The molecule has 2 saturated heterocycles. The molecule has 5 nitrogen and oxygen atoms in total. The zero-order valence-corrected chi connectivity index (χ0v) is 12.8. The molecular formula is C14H24ClN3O2. The molecule has 2 N–H and O–H groups in total. The van der Waals surface area contributed by atoms with E-state index >= 15 is 0 Å². The molecule has 3 fully saturated rings. The summed E-state index contributed by atoms with van der Waals surface area (Å²) < 4.78 is 0. The van der Waals surface area contributed by atoms with Crippen LogP contribution in [0.5, 0.6) is 0 Å². The molecule has 0 radical (unpaired) electrons. The molecular weight excluding hydrogens is 278 g/mol. The molecule has 0 bridgehead atoms. The van der Waals surface area contributed by atoms with Crippen LogP contribution in [-0.4, -0.2) is 49.4 Å². The van der Waals surface area contributed by atoms with E-state index < -0.39 is 0 Å². The fraction of sp³-hybridized carbons (Fsp3) is 0.857. The van der Waals surface area contributed by atoms with Crippen LogP contribution >= 0.6 is 12.4 Å². The second kappa shape index (κ2) is 5.90. The average molecular weight is 302 g/mol. The molecule has 0 aromatic heterocycles. The lowest BCUT2D eigenvalue weighted by Gasteiger charge is -2.37. The number of amides is 2. The van der Waals surface area contributed by atoms with Crippen LogP contribution in [-0.2, 0) is 9.59 Å². The highest BCUT2D eigenvalue weighted by molar-refractivity contribution is 5.86. The lowest BCUT2D eigenvalue weighted by molar-refractivity contribution is -0.134. The SMILES string of the molecule is CN1CC(NC(=O)[C@@]23CCCC[C@H]2CNC3)CC1=O.Cl. The summed E-state index contributed by atoms with van der Waals surface area (Å²) in [4.78, 5) is 25.9. The minimum absolute atomic E-state index is 0. The molecule has 2 amide bonds. The van der Waals surface area contributed by atoms with Crippen molar-refractivity contribution >= 4 is 24.2 Å². The number of likely N-dealkylation sites (tertiary alicyclic amines) is 1. The Kier molecular flexibility index (Phi) is 4.59. The van der Waals surface area contributed by atoms with Crippen LogP contribution in [0.2, 0.25) is 0 Å². The number of halogens is 1. The van der Waals surface area contributed by atoms with E-state index in [2.05, 4.69) is 10.6 Å². The van der Waals surface area contributed by atoms with Crippen LogP contribution in [0, 0.1) is 11.3 Å². The summed E-state index contributed by atoms with van der Waals surface area (Å²) in [7, 11) is 1.80. The van der Waals surface area contributed by atoms with Crippen molar-refractivity contribution in [3.05, 3.63) is 0 Å². The highest BCUT2D eigenvalue weighted by atomic mass is 35.5. The molecule has 2 heterocycles. The third-order valence-electron chi connectivity index (χ3n) is 5.17. The zero-order chi connectivity index (χ0) is 13.5. The Morgan fingerprint density at radius 3 is 2.95 bits per heavy atom. The second-order valence-electron chi connectivity index (χ2n) is 6.38. The fourth-order valence-corrected chi connectivity index (χ4v) is 3.98. The number of nitrogens with one attached hydrogen (secondary N) is 2. The maximum atomic E-state index is 12.7. The summed E-state index contributed by atoms with van der Waals surface area (Å²) in [6, 6.07) is 0.00236. The first-order valence-corrected chi connectivity index (χ1v) is 7.37. The molecule has 1 aliphatic carbocycles. The van der Waals surface area contributed by atoms with Crippen molar-refractivity contribution in [1.29, 1.82) is 0 Å². The standard InChI is InChI=1S/C14H23N3O2.ClH/c1-17-8-11(6-12(17)18)16-13(19)14-5-3-2-4-10(14)7-15-9-14;/h10-11,15H,2-9H2,1H3,(H,16,19);1H/t10-,11?,14+;/m0./s1. The largest absolute Gasteiger partial charge is 0.351 e. The van der Waals surface area contributed by atoms with Crippen molar-refractivity contribution in [2.24, 2.45) is 11.3 Å². The van der Waals surface area contributed by atoms with Crippen molar-refractivity contribution in [2.45, 2.75) is 38.1 Å². The van der Waals surface area contributed by atoms with Crippen molar-refractivity contribution in [2.75, 3.05) is 26.7 Å². The lowest BCUT2D eigenvalue weighted by atomic mass is 9.67. The van der Waals surface area contributed by atoms with Gasteiger partial charge in [0.15, 0.2) is 0 Å². The maximum Gasteiger partial charge on any atom is 0.228 e. The smallest absolute Gasteiger partial charge is 0.228 e. The fourth-order valence-electron chi connectivity index (χ4n) is 3.98. The molecule has 6 heteroatoms. The number of hydrogen-bond donors (Lipinski definition) is 2. The Morgan fingerprint density at radius 2 is 2.25 bits per heavy atom. The first-order valence-electron chi connectivity index (χ1n) is 7.37. The highest BCUT2D eigenvalue weighted by Gasteiger charge is 2.50. The normalized spacial score (nSPS) is 36.5. The van der Waals surface area contributed by atoms with E-state index in [1.807, 2.05) is 0 Å². The third kappa shape index (κ3) is 2.53. The van der Waals surface area contributed by atoms with E-state index in [1.165, 1.54) is 6.42 Å². The molecule has 3 atom stereocenters. The molecule has 0 aromatic rings. The number of carbonyl (C=O) groups excluding carboxylic acids is 2. The number of hydrogen-bond acceptors (Lipinski definition) is 3. The van der Waals surface area contributed by atoms with E-state index in [9.17, 15) is 9.59 Å². The summed E-state index contributed by atoms with van der Waals surface area (Å²) >= 11 is 0. The molecule has 3 rings (SSSR count). The first kappa shape index (κ1) is 15.6. The van der Waals surface area contributed by atoms with Gasteiger partial charge in [0.05, 0.1) is 11.5 Å². The van der Waals surface area contributed by atoms with Crippen LogP contribution in [0.1, 0.15) is 32.1 Å². The topological polar surface area (TPSA) is 61.4 Å². The number of carbonyl (C=O) groups is 2. The van der Waals surface area contributed by atoms with E-state index in [0.29, 0.717) is 18.9 Å². The van der Waals surface area contributed by atoms with Gasteiger partial charge in [-0.2, -0.15) is 0 Å². The molecule has 0 spiro atoms. The van der Waals surface area contributed by atoms with Crippen LogP contribution < -0.4 is 10.6 Å². The monoisotopic (exact) mass is 301 g/mol. The quantitative estimate of drug-likeness (QED) is 0.782. The second-order valence-corrected chi connectivity index (χ2v) is 6.38. The Hall–Kier alpha value is -0.810. The van der Waals surface area contributed by atoms with E-state index in [0.717, 1.165) is 32.4 Å². The molecule has 1 saturated carbocycles. The predicted molar refractivity (Wildman–Crippen MR) is 78.7 cm³/mol. The molecule has 1 unspecified atom stereocenters. The van der Waals surface area contributed by atoms with Gasteiger partial charge in [0.25, 0.3) is 0 Å². The Labute approximate surface area is 126 Å². The van der Waals surface area contributed by atoms with Crippen LogP contribution in [0.15, 0.2) is 0 Å². The van der Waals surface area contributed by atoms with Crippen molar-refractivity contribution in [3.63, 3.8) is 0 Å². The summed E-state index contributed by atoms with van der Waals surface area (Å²) in [6.45, 7) is 2.43. The van der Waals surface area contributed by atoms with Gasteiger partial charge in [-0.15, -0.1) is 12.4 Å². The van der Waals surface area contributed by atoms with E-state index in [1.54, 1.807) is 11.9 Å². The van der Waals surface area contributed by atoms with Gasteiger partial charge in [0.2, 0.25) is 11.8 Å². The molecule has 2 aliphatic heterocycles. The average Bonchev–Trinajstić information content (AvgIpc) is 2.94.